The van der Waals surface area contributed by atoms with Crippen molar-refractivity contribution in [1.82, 2.24) is 4.98 Å². The Bertz CT molecular complexity index is 569. The van der Waals surface area contributed by atoms with E-state index in [2.05, 4.69) is 31.0 Å². The van der Waals surface area contributed by atoms with E-state index in [-0.39, 0.29) is 0 Å². The molecule has 0 amide bonds. The van der Waals surface area contributed by atoms with Crippen LogP contribution in [0, 0.1) is 0 Å². The zero-order valence-electron chi connectivity index (χ0n) is 11.8. The highest BCUT2D eigenvalue weighted by Crippen LogP contribution is 2.25. The average molecular weight is 291 g/mol. The maximum absolute atomic E-state index is 5.97. The summed E-state index contributed by atoms with van der Waals surface area (Å²) in [5.41, 5.74) is 7.53. The van der Waals surface area contributed by atoms with Gasteiger partial charge in [0.15, 0.2) is 0 Å². The number of aromatic nitrogens is 1. The standard InChI is InChI=1S/C16H19ClN2O/c1-3-11(2)12-4-6-13(7-5-12)20-16-9-8-14(17)15(10-18)19-16/h4-9,11H,3,10,18H2,1-2H3. The van der Waals surface area contributed by atoms with Gasteiger partial charge in [0, 0.05) is 12.6 Å². The fraction of sp³-hybridized carbons (Fsp3) is 0.312. The predicted octanol–water partition coefficient (Wildman–Crippen LogP) is 4.50. The van der Waals surface area contributed by atoms with Crippen LogP contribution in [0.5, 0.6) is 11.6 Å². The van der Waals surface area contributed by atoms with Gasteiger partial charge >= 0.3 is 0 Å². The number of pyridine rings is 1. The SMILES string of the molecule is CCC(C)c1ccc(Oc2ccc(Cl)c(CN)n2)cc1. The van der Waals surface area contributed by atoms with Crippen LogP contribution in [-0.4, -0.2) is 4.98 Å². The van der Waals surface area contributed by atoms with Crippen molar-refractivity contribution in [2.24, 2.45) is 5.73 Å². The van der Waals surface area contributed by atoms with Crippen molar-refractivity contribution in [1.29, 1.82) is 0 Å². The summed E-state index contributed by atoms with van der Waals surface area (Å²) in [6, 6.07) is 11.6. The lowest BCUT2D eigenvalue weighted by atomic mass is 9.99. The molecule has 3 nitrogen and oxygen atoms in total. The molecule has 20 heavy (non-hydrogen) atoms. The summed E-state index contributed by atoms with van der Waals surface area (Å²) in [4.78, 5) is 4.28. The van der Waals surface area contributed by atoms with Gasteiger partial charge in [-0.1, -0.05) is 37.6 Å². The number of hydrogen-bond acceptors (Lipinski definition) is 3. The molecule has 2 rings (SSSR count). The van der Waals surface area contributed by atoms with Crippen LogP contribution in [0.3, 0.4) is 0 Å². The van der Waals surface area contributed by atoms with Crippen LogP contribution < -0.4 is 10.5 Å². The third-order valence-electron chi connectivity index (χ3n) is 3.37. The molecule has 0 saturated heterocycles. The third-order valence-corrected chi connectivity index (χ3v) is 3.71. The van der Waals surface area contributed by atoms with Crippen LogP contribution in [0.25, 0.3) is 0 Å². The van der Waals surface area contributed by atoms with Crippen LogP contribution >= 0.6 is 11.6 Å². The zero-order chi connectivity index (χ0) is 14.5. The van der Waals surface area contributed by atoms with Gasteiger partial charge in [-0.25, -0.2) is 4.98 Å². The van der Waals surface area contributed by atoms with E-state index in [4.69, 9.17) is 22.1 Å². The molecule has 0 saturated carbocycles. The van der Waals surface area contributed by atoms with Crippen LogP contribution in [0.2, 0.25) is 5.02 Å². The molecule has 0 bridgehead atoms. The summed E-state index contributed by atoms with van der Waals surface area (Å²) in [5, 5.41) is 0.562. The van der Waals surface area contributed by atoms with Crippen molar-refractivity contribution in [3.8, 4) is 11.6 Å². The predicted molar refractivity (Wildman–Crippen MR) is 82.4 cm³/mol. The van der Waals surface area contributed by atoms with Crippen molar-refractivity contribution < 1.29 is 4.74 Å². The highest BCUT2D eigenvalue weighted by Gasteiger charge is 2.06. The van der Waals surface area contributed by atoms with Gasteiger partial charge < -0.3 is 10.5 Å². The Labute approximate surface area is 124 Å². The van der Waals surface area contributed by atoms with E-state index in [1.807, 2.05) is 12.1 Å². The van der Waals surface area contributed by atoms with Crippen molar-refractivity contribution in [3.05, 3.63) is 52.7 Å². The Morgan fingerprint density at radius 1 is 1.20 bits per heavy atom. The Morgan fingerprint density at radius 2 is 1.90 bits per heavy atom. The molecule has 106 valence electrons. The number of halogens is 1. The number of hydrogen-bond donors (Lipinski definition) is 1. The zero-order valence-corrected chi connectivity index (χ0v) is 12.5. The van der Waals surface area contributed by atoms with Gasteiger partial charge in [-0.05, 0) is 36.1 Å². The third kappa shape index (κ3) is 3.50. The molecule has 1 aromatic carbocycles. The van der Waals surface area contributed by atoms with Gasteiger partial charge in [-0.15, -0.1) is 0 Å². The van der Waals surface area contributed by atoms with E-state index in [9.17, 15) is 0 Å². The Hall–Kier alpha value is -1.58. The smallest absolute Gasteiger partial charge is 0.219 e. The first-order valence-corrected chi connectivity index (χ1v) is 7.15. The van der Waals surface area contributed by atoms with E-state index in [0.717, 1.165) is 12.2 Å². The monoisotopic (exact) mass is 290 g/mol. The van der Waals surface area contributed by atoms with Crippen molar-refractivity contribution in [2.75, 3.05) is 0 Å². The Kier molecular flexibility index (Phi) is 4.99. The van der Waals surface area contributed by atoms with E-state index in [1.54, 1.807) is 12.1 Å². The fourth-order valence-electron chi connectivity index (χ4n) is 1.89. The number of nitrogens with zero attached hydrogens (tertiary/aromatic N) is 1. The van der Waals surface area contributed by atoms with E-state index in [1.165, 1.54) is 5.56 Å². The number of nitrogens with two attached hydrogens (primary N) is 1. The van der Waals surface area contributed by atoms with Crippen LogP contribution in [-0.2, 0) is 6.54 Å². The van der Waals surface area contributed by atoms with Gasteiger partial charge in [-0.3, -0.25) is 0 Å². The average Bonchev–Trinajstić information content (AvgIpc) is 2.49. The van der Waals surface area contributed by atoms with Gasteiger partial charge in [0.1, 0.15) is 5.75 Å². The molecule has 1 aromatic heterocycles. The van der Waals surface area contributed by atoms with E-state index < -0.39 is 0 Å². The molecule has 1 atom stereocenters. The molecular weight excluding hydrogens is 272 g/mol. The molecule has 0 aliphatic rings. The first-order chi connectivity index (χ1) is 9.63. The van der Waals surface area contributed by atoms with Crippen LogP contribution in [0.15, 0.2) is 36.4 Å². The molecule has 2 aromatic rings. The second kappa shape index (κ2) is 6.73. The quantitative estimate of drug-likeness (QED) is 0.882. The summed E-state index contributed by atoms with van der Waals surface area (Å²) in [6.07, 6.45) is 1.12. The number of rotatable bonds is 5. The highest BCUT2D eigenvalue weighted by molar-refractivity contribution is 6.31. The second-order valence-corrected chi connectivity index (χ2v) is 5.17. The Morgan fingerprint density at radius 3 is 2.50 bits per heavy atom. The van der Waals surface area contributed by atoms with Gasteiger partial charge in [-0.2, -0.15) is 0 Å². The maximum Gasteiger partial charge on any atom is 0.219 e. The molecular formula is C16H19ClN2O. The topological polar surface area (TPSA) is 48.1 Å². The molecule has 4 heteroatoms. The molecule has 0 aliphatic carbocycles. The normalized spacial score (nSPS) is 12.2. The molecule has 1 unspecified atom stereocenters. The molecule has 1 heterocycles. The van der Waals surface area contributed by atoms with E-state index in [0.29, 0.717) is 29.1 Å². The van der Waals surface area contributed by atoms with Gasteiger partial charge in [0.05, 0.1) is 10.7 Å². The minimum absolute atomic E-state index is 0.295. The summed E-state index contributed by atoms with van der Waals surface area (Å²) in [6.45, 7) is 4.69. The lowest BCUT2D eigenvalue weighted by Crippen LogP contribution is -2.01. The van der Waals surface area contributed by atoms with E-state index >= 15 is 0 Å². The summed E-state index contributed by atoms with van der Waals surface area (Å²) in [7, 11) is 0. The second-order valence-electron chi connectivity index (χ2n) is 4.76. The van der Waals surface area contributed by atoms with Gasteiger partial charge in [0.2, 0.25) is 5.88 Å². The lowest BCUT2D eigenvalue weighted by molar-refractivity contribution is 0.460. The maximum atomic E-state index is 5.97. The van der Waals surface area contributed by atoms with Crippen LogP contribution in [0.1, 0.15) is 37.4 Å². The molecule has 0 spiro atoms. The fourth-order valence-corrected chi connectivity index (χ4v) is 2.07. The minimum Gasteiger partial charge on any atom is -0.439 e. The minimum atomic E-state index is 0.295. The molecule has 2 N–H and O–H groups in total. The number of ether oxygens (including phenoxy) is 1. The largest absolute Gasteiger partial charge is 0.439 e. The first-order valence-electron chi connectivity index (χ1n) is 6.77. The molecule has 0 radical (unpaired) electrons. The van der Waals surface area contributed by atoms with Crippen molar-refractivity contribution >= 4 is 11.6 Å². The summed E-state index contributed by atoms with van der Waals surface area (Å²) < 4.78 is 5.72. The van der Waals surface area contributed by atoms with Gasteiger partial charge in [0.25, 0.3) is 0 Å². The first kappa shape index (κ1) is 14.8. The molecule has 0 fully saturated rings. The summed E-state index contributed by atoms with van der Waals surface area (Å²) >= 11 is 5.97. The summed E-state index contributed by atoms with van der Waals surface area (Å²) in [5.74, 6) is 1.82. The van der Waals surface area contributed by atoms with Crippen molar-refractivity contribution in [2.45, 2.75) is 32.7 Å². The number of benzene rings is 1. The lowest BCUT2D eigenvalue weighted by Gasteiger charge is -2.11. The Balaban J connectivity index is 2.14. The highest BCUT2D eigenvalue weighted by atomic mass is 35.5. The molecule has 0 aliphatic heterocycles. The van der Waals surface area contributed by atoms with Crippen molar-refractivity contribution in [3.63, 3.8) is 0 Å². The van der Waals surface area contributed by atoms with Crippen LogP contribution in [0.4, 0.5) is 0 Å².